The standard InChI is InChI=1S/C31H35F5N8O/c1-16(2)44-29-25(28(37)38-15-39-29)27(41-44)20-4-5-24-19(26(20)33)8-11-43(24)30(45)40-23-14-21(31(34,35)36)18(13-22(23)32)12-17-6-9-42(3)10-7-17/h4-5,13-17,19,24H,6-12H2,1-3H3,(H,40,45)(H2,37,38,39). The highest BCUT2D eigenvalue weighted by Crippen LogP contribution is 2.43. The van der Waals surface area contributed by atoms with Gasteiger partial charge < -0.3 is 20.9 Å². The van der Waals surface area contributed by atoms with Crippen molar-refractivity contribution in [3.8, 4) is 0 Å². The molecule has 0 spiro atoms. The Balaban J connectivity index is 1.23. The minimum atomic E-state index is -4.73. The molecule has 45 heavy (non-hydrogen) atoms. The smallest absolute Gasteiger partial charge is 0.383 e. The second kappa shape index (κ2) is 11.7. The number of anilines is 2. The molecule has 2 aromatic heterocycles. The van der Waals surface area contributed by atoms with E-state index in [4.69, 9.17) is 5.73 Å². The molecular formula is C31H35F5N8O. The second-order valence-corrected chi connectivity index (χ2v) is 12.4. The van der Waals surface area contributed by atoms with E-state index >= 15 is 8.78 Å². The summed E-state index contributed by atoms with van der Waals surface area (Å²) in [7, 11) is 1.96. The summed E-state index contributed by atoms with van der Waals surface area (Å²) in [6, 6.07) is -0.0790. The van der Waals surface area contributed by atoms with Gasteiger partial charge in [-0.05, 0) is 83.3 Å². The first-order chi connectivity index (χ1) is 21.3. The normalized spacial score (nSPS) is 21.3. The quantitative estimate of drug-likeness (QED) is 0.325. The summed E-state index contributed by atoms with van der Waals surface area (Å²) in [6.07, 6.45) is 1.55. The zero-order valence-corrected chi connectivity index (χ0v) is 25.2. The summed E-state index contributed by atoms with van der Waals surface area (Å²) in [5.74, 6) is -2.01. The van der Waals surface area contributed by atoms with E-state index in [2.05, 4.69) is 25.3 Å². The van der Waals surface area contributed by atoms with Crippen molar-refractivity contribution in [3.05, 3.63) is 59.1 Å². The minimum absolute atomic E-state index is 0.00990. The van der Waals surface area contributed by atoms with Crippen molar-refractivity contribution in [1.82, 2.24) is 29.5 Å². The van der Waals surface area contributed by atoms with Crippen LogP contribution >= 0.6 is 0 Å². The van der Waals surface area contributed by atoms with Crippen molar-refractivity contribution in [2.24, 2.45) is 11.8 Å². The molecular weight excluding hydrogens is 595 g/mol. The van der Waals surface area contributed by atoms with E-state index in [0.717, 1.165) is 32.0 Å². The number of likely N-dealkylation sites (tertiary alicyclic amines) is 2. The molecule has 9 nitrogen and oxygen atoms in total. The van der Waals surface area contributed by atoms with Gasteiger partial charge in [-0.15, -0.1) is 0 Å². The molecule has 1 aliphatic carbocycles. The Bertz CT molecular complexity index is 1690. The number of hydrogen-bond acceptors (Lipinski definition) is 6. The molecule has 2 amide bonds. The lowest BCUT2D eigenvalue weighted by Gasteiger charge is -2.30. The molecule has 14 heteroatoms. The predicted molar refractivity (Wildman–Crippen MR) is 160 cm³/mol. The van der Waals surface area contributed by atoms with Gasteiger partial charge in [0.25, 0.3) is 0 Å². The van der Waals surface area contributed by atoms with E-state index in [1.807, 2.05) is 20.9 Å². The number of nitrogens with zero attached hydrogens (tertiary/aromatic N) is 6. The number of carbonyl (C=O) groups excluding carboxylic acids is 1. The van der Waals surface area contributed by atoms with Crippen molar-refractivity contribution in [2.45, 2.75) is 57.8 Å². The van der Waals surface area contributed by atoms with E-state index in [1.165, 1.54) is 17.3 Å². The van der Waals surface area contributed by atoms with Gasteiger partial charge in [0.2, 0.25) is 0 Å². The number of benzene rings is 1. The maximum atomic E-state index is 16.1. The van der Waals surface area contributed by atoms with Crippen molar-refractivity contribution >= 4 is 34.1 Å². The maximum Gasteiger partial charge on any atom is 0.416 e. The van der Waals surface area contributed by atoms with Crippen LogP contribution in [0.3, 0.4) is 0 Å². The number of nitrogens with two attached hydrogens (primary N) is 1. The highest BCUT2D eigenvalue weighted by atomic mass is 19.4. The molecule has 240 valence electrons. The van der Waals surface area contributed by atoms with Crippen LogP contribution in [-0.4, -0.2) is 68.3 Å². The summed E-state index contributed by atoms with van der Waals surface area (Å²) in [6.45, 7) is 5.46. The van der Waals surface area contributed by atoms with Crippen LogP contribution in [0.5, 0.6) is 0 Å². The number of allylic oxidation sites excluding steroid dienone is 2. The lowest BCUT2D eigenvalue weighted by molar-refractivity contribution is -0.138. The third kappa shape index (κ3) is 5.75. The summed E-state index contributed by atoms with van der Waals surface area (Å²) >= 11 is 0. The number of nitrogen functional groups attached to an aromatic ring is 1. The zero-order chi connectivity index (χ0) is 32.2. The van der Waals surface area contributed by atoms with Crippen molar-refractivity contribution in [3.63, 3.8) is 0 Å². The fourth-order valence-corrected chi connectivity index (χ4v) is 6.68. The van der Waals surface area contributed by atoms with Gasteiger partial charge in [-0.3, -0.25) is 0 Å². The fourth-order valence-electron chi connectivity index (χ4n) is 6.68. The molecule has 2 fully saturated rings. The average Bonchev–Trinajstić information content (AvgIpc) is 3.59. The number of urea groups is 1. The highest BCUT2D eigenvalue weighted by molar-refractivity contribution is 5.98. The molecule has 2 atom stereocenters. The Morgan fingerprint density at radius 2 is 1.84 bits per heavy atom. The number of nitrogens with one attached hydrogen (secondary N) is 1. The van der Waals surface area contributed by atoms with Crippen molar-refractivity contribution in [1.29, 1.82) is 0 Å². The molecule has 4 heterocycles. The summed E-state index contributed by atoms with van der Waals surface area (Å²) in [4.78, 5) is 25.1. The van der Waals surface area contributed by atoms with E-state index in [1.54, 1.807) is 10.8 Å². The fraction of sp³-hybridized carbons (Fsp3) is 0.484. The van der Waals surface area contributed by atoms with Gasteiger partial charge in [0.15, 0.2) is 5.65 Å². The first-order valence-corrected chi connectivity index (χ1v) is 15.1. The number of carbonyl (C=O) groups is 1. The first-order valence-electron chi connectivity index (χ1n) is 15.1. The van der Waals surface area contributed by atoms with Crippen LogP contribution in [0.25, 0.3) is 16.6 Å². The van der Waals surface area contributed by atoms with Gasteiger partial charge in [0.1, 0.15) is 29.5 Å². The van der Waals surface area contributed by atoms with Gasteiger partial charge in [0.05, 0.1) is 22.7 Å². The molecule has 0 saturated carbocycles. The zero-order valence-electron chi connectivity index (χ0n) is 25.2. The summed E-state index contributed by atoms with van der Waals surface area (Å²) in [5.41, 5.74) is 5.43. The Labute approximate surface area is 257 Å². The topological polar surface area (TPSA) is 105 Å². The van der Waals surface area contributed by atoms with E-state index in [9.17, 15) is 18.0 Å². The van der Waals surface area contributed by atoms with Gasteiger partial charge >= 0.3 is 12.2 Å². The Morgan fingerprint density at radius 1 is 1.11 bits per heavy atom. The van der Waals surface area contributed by atoms with Gasteiger partial charge in [0, 0.05) is 24.1 Å². The predicted octanol–water partition coefficient (Wildman–Crippen LogP) is 6.20. The van der Waals surface area contributed by atoms with Gasteiger partial charge in [-0.25, -0.2) is 28.2 Å². The number of aromatic nitrogens is 4. The molecule has 0 bridgehead atoms. The number of hydrogen-bond donors (Lipinski definition) is 2. The van der Waals surface area contributed by atoms with Crippen LogP contribution in [0, 0.1) is 17.7 Å². The molecule has 6 rings (SSSR count). The van der Waals surface area contributed by atoms with Crippen molar-refractivity contribution < 1.29 is 26.7 Å². The number of fused-ring (bicyclic) bond motifs is 2. The maximum absolute atomic E-state index is 16.1. The first kappa shape index (κ1) is 30.9. The Hall–Kier alpha value is -4.07. The number of alkyl halides is 3. The number of amides is 2. The van der Waals surface area contributed by atoms with Crippen LogP contribution in [0.15, 0.2) is 36.4 Å². The molecule has 3 N–H and O–H groups in total. The van der Waals surface area contributed by atoms with Crippen LogP contribution in [0.2, 0.25) is 0 Å². The largest absolute Gasteiger partial charge is 0.416 e. The minimum Gasteiger partial charge on any atom is -0.383 e. The van der Waals surface area contributed by atoms with E-state index < -0.39 is 47.1 Å². The third-order valence-corrected chi connectivity index (χ3v) is 9.11. The summed E-state index contributed by atoms with van der Waals surface area (Å²) in [5, 5.41) is 7.33. The summed E-state index contributed by atoms with van der Waals surface area (Å²) < 4.78 is 75.2. The lowest BCUT2D eigenvalue weighted by atomic mass is 9.88. The molecule has 2 saturated heterocycles. The second-order valence-electron chi connectivity index (χ2n) is 12.4. The molecule has 1 aromatic carbocycles. The number of halogens is 5. The molecule has 0 radical (unpaired) electrons. The SMILES string of the molecule is CC(C)n1nc(C2=C(F)C3CCN(C(=O)Nc4cc(C(F)(F)F)c(CC5CCN(C)CC5)cc4F)C3C=C2)c2c(N)ncnc21. The van der Waals surface area contributed by atoms with Gasteiger partial charge in [-0.2, -0.15) is 18.3 Å². The van der Waals surface area contributed by atoms with Crippen molar-refractivity contribution in [2.75, 3.05) is 37.7 Å². The Kier molecular flexibility index (Phi) is 8.04. The van der Waals surface area contributed by atoms with Gasteiger partial charge in [-0.1, -0.05) is 12.2 Å². The van der Waals surface area contributed by atoms with Crippen LogP contribution < -0.4 is 11.1 Å². The lowest BCUT2D eigenvalue weighted by Crippen LogP contribution is -2.40. The highest BCUT2D eigenvalue weighted by Gasteiger charge is 2.42. The molecule has 2 aliphatic heterocycles. The average molecular weight is 631 g/mol. The third-order valence-electron chi connectivity index (χ3n) is 9.11. The molecule has 2 unspecified atom stereocenters. The number of rotatable bonds is 5. The molecule has 3 aromatic rings. The van der Waals surface area contributed by atoms with E-state index in [-0.39, 0.29) is 54.0 Å². The monoisotopic (exact) mass is 630 g/mol. The number of piperidine rings is 1. The van der Waals surface area contributed by atoms with Crippen LogP contribution in [-0.2, 0) is 12.6 Å². The van der Waals surface area contributed by atoms with E-state index in [0.29, 0.717) is 17.1 Å². The van der Waals surface area contributed by atoms with Crippen LogP contribution in [0.4, 0.5) is 38.3 Å². The molecule has 3 aliphatic rings. The van der Waals surface area contributed by atoms with Crippen LogP contribution in [0.1, 0.15) is 56.0 Å². The Morgan fingerprint density at radius 3 is 2.53 bits per heavy atom.